The number of nitrogens with zero attached hydrogens (tertiary/aromatic N) is 2. The van der Waals surface area contributed by atoms with Crippen LogP contribution < -0.4 is 4.72 Å². The molecule has 1 aromatic heterocycles. The molecule has 26 heavy (non-hydrogen) atoms. The van der Waals surface area contributed by atoms with E-state index in [-0.39, 0.29) is 11.0 Å². The van der Waals surface area contributed by atoms with Crippen molar-refractivity contribution in [2.24, 2.45) is 0 Å². The normalized spacial score (nSPS) is 11.6. The molecule has 0 spiro atoms. The van der Waals surface area contributed by atoms with Crippen LogP contribution in [0.3, 0.4) is 0 Å². The van der Waals surface area contributed by atoms with Crippen LogP contribution in [0.15, 0.2) is 70.8 Å². The number of rotatable bonds is 5. The van der Waals surface area contributed by atoms with Crippen molar-refractivity contribution in [1.29, 1.82) is 0 Å². The molecule has 0 aliphatic carbocycles. The van der Waals surface area contributed by atoms with Crippen molar-refractivity contribution < 1.29 is 8.42 Å². The molecule has 8 heteroatoms. The van der Waals surface area contributed by atoms with Crippen LogP contribution in [0.5, 0.6) is 0 Å². The van der Waals surface area contributed by atoms with Gasteiger partial charge in [0.05, 0.1) is 11.0 Å². The fourth-order valence-electron chi connectivity index (χ4n) is 2.21. The van der Waals surface area contributed by atoms with Gasteiger partial charge in [-0.05, 0) is 29.3 Å². The van der Waals surface area contributed by atoms with E-state index >= 15 is 0 Å². The predicted molar refractivity (Wildman–Crippen MR) is 108 cm³/mol. The maximum absolute atomic E-state index is 12.4. The molecule has 3 aromatic rings. The van der Waals surface area contributed by atoms with Crippen molar-refractivity contribution in [3.05, 3.63) is 81.5 Å². The van der Waals surface area contributed by atoms with E-state index in [1.54, 1.807) is 24.3 Å². The number of anilines is 1. The average molecular weight is 451 g/mol. The molecule has 1 heterocycles. The highest BCUT2D eigenvalue weighted by atomic mass is 79.9. The molecule has 0 bridgehead atoms. The number of hydrogen-bond donors (Lipinski definition) is 1. The Kier molecular flexibility index (Phi) is 5.70. The molecule has 0 saturated heterocycles. The van der Waals surface area contributed by atoms with Gasteiger partial charge in [-0.1, -0.05) is 70.0 Å². The van der Waals surface area contributed by atoms with E-state index in [9.17, 15) is 8.42 Å². The molecule has 0 amide bonds. The number of benzene rings is 2. The molecule has 2 aromatic carbocycles. The minimum atomic E-state index is -3.78. The third-order valence-corrected chi connectivity index (χ3v) is 5.20. The Bertz CT molecular complexity index is 1040. The molecule has 0 unspecified atom stereocenters. The van der Waals surface area contributed by atoms with Crippen LogP contribution in [-0.4, -0.2) is 18.4 Å². The Labute approximate surface area is 165 Å². The van der Waals surface area contributed by atoms with Gasteiger partial charge < -0.3 is 0 Å². The van der Waals surface area contributed by atoms with E-state index in [4.69, 9.17) is 11.6 Å². The quantitative estimate of drug-likeness (QED) is 0.557. The molecule has 0 aliphatic rings. The summed E-state index contributed by atoms with van der Waals surface area (Å²) in [5.41, 5.74) is 1.88. The Morgan fingerprint density at radius 1 is 1.00 bits per heavy atom. The van der Waals surface area contributed by atoms with E-state index in [1.165, 1.54) is 12.4 Å². The summed E-state index contributed by atoms with van der Waals surface area (Å²) < 4.78 is 28.2. The van der Waals surface area contributed by atoms with Gasteiger partial charge in [-0.25, -0.2) is 18.4 Å². The first kappa shape index (κ1) is 18.6. The Morgan fingerprint density at radius 2 is 1.69 bits per heavy atom. The van der Waals surface area contributed by atoms with Crippen LogP contribution in [-0.2, 0) is 10.0 Å². The van der Waals surface area contributed by atoms with Crippen LogP contribution in [0.2, 0.25) is 5.15 Å². The van der Waals surface area contributed by atoms with E-state index < -0.39 is 10.0 Å². The van der Waals surface area contributed by atoms with Crippen molar-refractivity contribution in [2.75, 3.05) is 4.72 Å². The Morgan fingerprint density at radius 3 is 2.38 bits per heavy atom. The first-order valence-corrected chi connectivity index (χ1v) is 10.2. The highest BCUT2D eigenvalue weighted by Gasteiger charge is 2.16. The lowest BCUT2D eigenvalue weighted by atomic mass is 10.1. The van der Waals surface area contributed by atoms with Gasteiger partial charge in [0.2, 0.25) is 0 Å². The fourth-order valence-corrected chi connectivity index (χ4v) is 3.55. The lowest BCUT2D eigenvalue weighted by Crippen LogP contribution is -2.11. The zero-order valence-electron chi connectivity index (χ0n) is 13.3. The summed E-state index contributed by atoms with van der Waals surface area (Å²) in [5, 5.41) is 1.25. The highest BCUT2D eigenvalue weighted by molar-refractivity contribution is 9.10. The molecule has 0 saturated carbocycles. The van der Waals surface area contributed by atoms with E-state index in [0.29, 0.717) is 11.1 Å². The lowest BCUT2D eigenvalue weighted by molar-refractivity contribution is 0.609. The van der Waals surface area contributed by atoms with Gasteiger partial charge in [-0.3, -0.25) is 4.72 Å². The third kappa shape index (κ3) is 4.69. The van der Waals surface area contributed by atoms with Crippen LogP contribution in [0.25, 0.3) is 17.2 Å². The van der Waals surface area contributed by atoms with Gasteiger partial charge in [0, 0.05) is 4.47 Å². The van der Waals surface area contributed by atoms with Gasteiger partial charge in [-0.2, -0.15) is 0 Å². The average Bonchev–Trinajstić information content (AvgIpc) is 2.62. The molecule has 5 nitrogen and oxygen atoms in total. The molecule has 3 rings (SSSR count). The standard InChI is InChI=1S/C18H13BrClN3O2S/c19-15-8-6-14(7-9-15)16-17(20)21-12-22-18(16)23-26(24,25)11-10-13-4-2-1-3-5-13/h1-12H,(H,21,22,23). The largest absolute Gasteiger partial charge is 0.263 e. The third-order valence-electron chi connectivity index (χ3n) is 3.41. The molecular formula is C18H13BrClN3O2S. The summed E-state index contributed by atoms with van der Waals surface area (Å²) in [5.74, 6) is 0.116. The van der Waals surface area contributed by atoms with Crippen molar-refractivity contribution >= 4 is 49.4 Å². The summed E-state index contributed by atoms with van der Waals surface area (Å²) in [6.45, 7) is 0. The first-order valence-electron chi connectivity index (χ1n) is 7.47. The smallest absolute Gasteiger partial charge is 0.256 e. The molecule has 0 aliphatic heterocycles. The summed E-state index contributed by atoms with van der Waals surface area (Å²) in [4.78, 5) is 8.00. The van der Waals surface area contributed by atoms with Crippen molar-refractivity contribution in [1.82, 2.24) is 9.97 Å². The van der Waals surface area contributed by atoms with Crippen LogP contribution in [0, 0.1) is 0 Å². The Balaban J connectivity index is 1.93. The van der Waals surface area contributed by atoms with Gasteiger partial charge in [0.1, 0.15) is 11.5 Å². The molecule has 0 fully saturated rings. The first-order chi connectivity index (χ1) is 12.4. The van der Waals surface area contributed by atoms with Crippen LogP contribution in [0.4, 0.5) is 5.82 Å². The number of nitrogens with one attached hydrogen (secondary N) is 1. The van der Waals surface area contributed by atoms with E-state index in [0.717, 1.165) is 15.4 Å². The Hall–Kier alpha value is -2.22. The summed E-state index contributed by atoms with van der Waals surface area (Å²) in [6.07, 6.45) is 2.72. The summed E-state index contributed by atoms with van der Waals surface area (Å²) in [7, 11) is -3.78. The fraction of sp³-hybridized carbons (Fsp3) is 0. The molecule has 0 atom stereocenters. The van der Waals surface area contributed by atoms with Crippen LogP contribution in [0.1, 0.15) is 5.56 Å². The minimum absolute atomic E-state index is 0.116. The maximum Gasteiger partial charge on any atom is 0.256 e. The van der Waals surface area contributed by atoms with Gasteiger partial charge in [-0.15, -0.1) is 0 Å². The zero-order valence-corrected chi connectivity index (χ0v) is 16.5. The number of aromatic nitrogens is 2. The second-order valence-electron chi connectivity index (χ2n) is 5.26. The van der Waals surface area contributed by atoms with Crippen molar-refractivity contribution in [2.45, 2.75) is 0 Å². The zero-order chi connectivity index (χ0) is 18.6. The lowest BCUT2D eigenvalue weighted by Gasteiger charge is -2.11. The summed E-state index contributed by atoms with van der Waals surface area (Å²) in [6, 6.07) is 16.4. The number of halogens is 2. The van der Waals surface area contributed by atoms with Gasteiger partial charge in [0.25, 0.3) is 10.0 Å². The van der Waals surface area contributed by atoms with Crippen molar-refractivity contribution in [3.63, 3.8) is 0 Å². The minimum Gasteiger partial charge on any atom is -0.263 e. The van der Waals surface area contributed by atoms with Crippen molar-refractivity contribution in [3.8, 4) is 11.1 Å². The predicted octanol–water partition coefficient (Wildman–Crippen LogP) is 4.97. The molecule has 1 N–H and O–H groups in total. The number of sulfonamides is 1. The summed E-state index contributed by atoms with van der Waals surface area (Å²) >= 11 is 9.55. The SMILES string of the molecule is O=S(=O)(C=Cc1ccccc1)Nc1ncnc(Cl)c1-c1ccc(Br)cc1. The highest BCUT2D eigenvalue weighted by Crippen LogP contribution is 2.33. The van der Waals surface area contributed by atoms with Gasteiger partial charge >= 0.3 is 0 Å². The maximum atomic E-state index is 12.4. The second kappa shape index (κ2) is 7.99. The molecule has 0 radical (unpaired) electrons. The number of hydrogen-bond acceptors (Lipinski definition) is 4. The van der Waals surface area contributed by atoms with Crippen LogP contribution >= 0.6 is 27.5 Å². The molecular weight excluding hydrogens is 438 g/mol. The second-order valence-corrected chi connectivity index (χ2v) is 8.10. The monoisotopic (exact) mass is 449 g/mol. The van der Waals surface area contributed by atoms with E-state index in [2.05, 4.69) is 30.6 Å². The van der Waals surface area contributed by atoms with Gasteiger partial charge in [0.15, 0.2) is 5.82 Å². The molecule has 132 valence electrons. The van der Waals surface area contributed by atoms with E-state index in [1.807, 2.05) is 30.3 Å². The topological polar surface area (TPSA) is 72.0 Å².